The lowest BCUT2D eigenvalue weighted by molar-refractivity contribution is 0.415. The van der Waals surface area contributed by atoms with Gasteiger partial charge in [-0.25, -0.2) is 4.98 Å². The van der Waals surface area contributed by atoms with E-state index in [2.05, 4.69) is 21.4 Å². The van der Waals surface area contributed by atoms with Gasteiger partial charge in [-0.05, 0) is 35.4 Å². The molecule has 0 saturated heterocycles. The summed E-state index contributed by atoms with van der Waals surface area (Å²) in [7, 11) is 1.59. The van der Waals surface area contributed by atoms with E-state index in [-0.39, 0.29) is 11.3 Å². The molecule has 8 heteroatoms. The average molecular weight is 511 g/mol. The standard InChI is InChI=1S/C31H22N6O2/c1-39-23-16-14-21(15-17-23)27-29(34-24-13-8-18-33-25(24)19-32)35-30-26(20-9-4-2-5-10-20)28(36-37(30)31(27)38)22-11-6-3-7-12-22/h2-18,34-35H,1H3. The molecule has 0 bridgehead atoms. The summed E-state index contributed by atoms with van der Waals surface area (Å²) in [6.45, 7) is 0. The molecule has 6 rings (SSSR count). The second-order valence-corrected chi connectivity index (χ2v) is 8.76. The summed E-state index contributed by atoms with van der Waals surface area (Å²) in [4.78, 5) is 21.8. The van der Waals surface area contributed by atoms with Gasteiger partial charge in [-0.2, -0.15) is 14.9 Å². The van der Waals surface area contributed by atoms with Crippen LogP contribution in [0.4, 0.5) is 11.5 Å². The zero-order chi connectivity index (χ0) is 26.8. The predicted molar refractivity (Wildman–Crippen MR) is 151 cm³/mol. The van der Waals surface area contributed by atoms with Crippen molar-refractivity contribution in [2.24, 2.45) is 0 Å². The fourth-order valence-corrected chi connectivity index (χ4v) is 4.60. The Morgan fingerprint density at radius 2 is 1.51 bits per heavy atom. The minimum Gasteiger partial charge on any atom is -0.497 e. The van der Waals surface area contributed by atoms with E-state index in [9.17, 15) is 10.1 Å². The average Bonchev–Trinajstić information content (AvgIpc) is 3.38. The van der Waals surface area contributed by atoms with Crippen LogP contribution in [0, 0.1) is 11.3 Å². The van der Waals surface area contributed by atoms with Gasteiger partial charge in [0.25, 0.3) is 5.56 Å². The quantitative estimate of drug-likeness (QED) is 0.283. The van der Waals surface area contributed by atoms with Crippen molar-refractivity contribution in [3.8, 4) is 45.3 Å². The van der Waals surface area contributed by atoms with Gasteiger partial charge in [0.1, 0.15) is 29.0 Å². The number of methoxy groups -OCH3 is 1. The number of rotatable bonds is 6. The van der Waals surface area contributed by atoms with Crippen molar-refractivity contribution in [3.63, 3.8) is 0 Å². The highest BCUT2D eigenvalue weighted by Crippen LogP contribution is 2.36. The number of ether oxygens (including phenoxy) is 1. The number of aromatic nitrogens is 4. The first-order valence-corrected chi connectivity index (χ1v) is 12.2. The maximum atomic E-state index is 14.2. The Kier molecular flexibility index (Phi) is 6.07. The number of nitrogens with one attached hydrogen (secondary N) is 2. The molecule has 0 aliphatic rings. The van der Waals surface area contributed by atoms with Crippen LogP contribution in [0.1, 0.15) is 5.69 Å². The molecule has 0 aliphatic heterocycles. The van der Waals surface area contributed by atoms with E-state index in [4.69, 9.17) is 9.84 Å². The third kappa shape index (κ3) is 4.28. The number of benzene rings is 3. The van der Waals surface area contributed by atoms with Gasteiger partial charge in [0.05, 0.1) is 23.9 Å². The van der Waals surface area contributed by atoms with E-state index in [0.29, 0.717) is 39.7 Å². The van der Waals surface area contributed by atoms with Crippen molar-refractivity contribution in [1.29, 1.82) is 5.26 Å². The summed E-state index contributed by atoms with van der Waals surface area (Å²) in [5, 5.41) is 17.7. The lowest BCUT2D eigenvalue weighted by Gasteiger charge is -2.14. The maximum Gasteiger partial charge on any atom is 0.284 e. The summed E-state index contributed by atoms with van der Waals surface area (Å²) in [6, 6.07) is 32.4. The first-order valence-electron chi connectivity index (χ1n) is 12.2. The Morgan fingerprint density at radius 1 is 0.846 bits per heavy atom. The molecule has 0 fully saturated rings. The Balaban J connectivity index is 1.68. The molecule has 0 saturated carbocycles. The molecule has 6 aromatic rings. The van der Waals surface area contributed by atoms with Crippen LogP contribution in [0.3, 0.4) is 0 Å². The molecule has 2 N–H and O–H groups in total. The number of nitrogens with zero attached hydrogens (tertiary/aromatic N) is 4. The molecule has 3 heterocycles. The lowest BCUT2D eigenvalue weighted by Crippen LogP contribution is -2.20. The molecule has 0 unspecified atom stereocenters. The van der Waals surface area contributed by atoms with E-state index >= 15 is 0 Å². The smallest absolute Gasteiger partial charge is 0.284 e. The van der Waals surface area contributed by atoms with E-state index in [1.165, 1.54) is 4.52 Å². The third-order valence-corrected chi connectivity index (χ3v) is 6.45. The van der Waals surface area contributed by atoms with Gasteiger partial charge in [0, 0.05) is 11.8 Å². The minimum atomic E-state index is -0.321. The predicted octanol–water partition coefficient (Wildman–Crippen LogP) is 6.04. The molecule has 0 aliphatic carbocycles. The van der Waals surface area contributed by atoms with Gasteiger partial charge in [-0.3, -0.25) is 4.79 Å². The molecule has 0 radical (unpaired) electrons. The largest absolute Gasteiger partial charge is 0.497 e. The van der Waals surface area contributed by atoms with Crippen molar-refractivity contribution < 1.29 is 4.74 Å². The van der Waals surface area contributed by atoms with E-state index in [0.717, 1.165) is 16.7 Å². The summed E-state index contributed by atoms with van der Waals surface area (Å²) in [6.07, 6.45) is 1.55. The van der Waals surface area contributed by atoms with Crippen molar-refractivity contribution in [2.45, 2.75) is 0 Å². The number of aromatic amines is 1. The SMILES string of the molecule is COc1ccc(-c2c(Nc3cccnc3C#N)[nH]c3c(-c4ccccc4)c(-c4ccccc4)nn3c2=O)cc1. The number of hydrogen-bond acceptors (Lipinski definition) is 6. The van der Waals surface area contributed by atoms with Crippen LogP contribution < -0.4 is 15.6 Å². The van der Waals surface area contributed by atoms with E-state index < -0.39 is 0 Å². The second kappa shape index (κ2) is 10.00. The van der Waals surface area contributed by atoms with Crippen LogP contribution in [0.5, 0.6) is 5.75 Å². The number of H-pyrrole nitrogens is 1. The Morgan fingerprint density at radius 3 is 2.18 bits per heavy atom. The van der Waals surface area contributed by atoms with E-state index in [1.54, 1.807) is 37.6 Å². The first kappa shape index (κ1) is 23.7. The molecule has 3 aromatic heterocycles. The molecule has 0 spiro atoms. The summed E-state index contributed by atoms with van der Waals surface area (Å²) >= 11 is 0. The lowest BCUT2D eigenvalue weighted by atomic mass is 10.0. The molecule has 0 amide bonds. The number of anilines is 2. The molecule has 0 atom stereocenters. The minimum absolute atomic E-state index is 0.209. The summed E-state index contributed by atoms with van der Waals surface area (Å²) in [5.41, 5.74) is 5.14. The Labute approximate surface area is 223 Å². The van der Waals surface area contributed by atoms with Crippen molar-refractivity contribution >= 4 is 17.2 Å². The van der Waals surface area contributed by atoms with Gasteiger partial charge in [-0.1, -0.05) is 72.8 Å². The van der Waals surface area contributed by atoms with E-state index in [1.807, 2.05) is 72.8 Å². The Bertz CT molecular complexity index is 1890. The maximum absolute atomic E-state index is 14.2. The van der Waals surface area contributed by atoms with Gasteiger partial charge < -0.3 is 15.0 Å². The monoisotopic (exact) mass is 510 g/mol. The van der Waals surface area contributed by atoms with Crippen LogP contribution in [0.2, 0.25) is 0 Å². The number of fused-ring (bicyclic) bond motifs is 1. The molecular formula is C31H22N6O2. The summed E-state index contributed by atoms with van der Waals surface area (Å²) < 4.78 is 6.72. The van der Waals surface area contributed by atoms with Crippen LogP contribution in [-0.4, -0.2) is 26.7 Å². The molecule has 8 nitrogen and oxygen atoms in total. The topological polar surface area (TPSA) is 108 Å². The number of nitriles is 1. The highest BCUT2D eigenvalue weighted by molar-refractivity contribution is 5.92. The highest BCUT2D eigenvalue weighted by Gasteiger charge is 2.23. The summed E-state index contributed by atoms with van der Waals surface area (Å²) in [5.74, 6) is 1.08. The Hall–Kier alpha value is -5.68. The van der Waals surface area contributed by atoms with Gasteiger partial charge >= 0.3 is 0 Å². The van der Waals surface area contributed by atoms with Crippen LogP contribution in [-0.2, 0) is 0 Å². The van der Waals surface area contributed by atoms with Crippen LogP contribution in [0.25, 0.3) is 39.2 Å². The van der Waals surface area contributed by atoms with Crippen LogP contribution >= 0.6 is 0 Å². The van der Waals surface area contributed by atoms with Gasteiger partial charge in [0.15, 0.2) is 5.69 Å². The molecule has 188 valence electrons. The fourth-order valence-electron chi connectivity index (χ4n) is 4.60. The number of pyridine rings is 1. The first-order chi connectivity index (χ1) is 19.2. The normalized spacial score (nSPS) is 10.8. The molecule has 3 aromatic carbocycles. The zero-order valence-electron chi connectivity index (χ0n) is 20.9. The van der Waals surface area contributed by atoms with Crippen molar-refractivity contribution in [3.05, 3.63) is 119 Å². The van der Waals surface area contributed by atoms with Gasteiger partial charge in [0.2, 0.25) is 0 Å². The highest BCUT2D eigenvalue weighted by atomic mass is 16.5. The number of hydrogen-bond donors (Lipinski definition) is 2. The van der Waals surface area contributed by atoms with Crippen molar-refractivity contribution in [2.75, 3.05) is 12.4 Å². The van der Waals surface area contributed by atoms with Crippen LogP contribution in [0.15, 0.2) is 108 Å². The molecular weight excluding hydrogens is 488 g/mol. The second-order valence-electron chi connectivity index (χ2n) is 8.76. The molecule has 39 heavy (non-hydrogen) atoms. The van der Waals surface area contributed by atoms with Crippen molar-refractivity contribution in [1.82, 2.24) is 19.6 Å². The zero-order valence-corrected chi connectivity index (χ0v) is 20.9. The fraction of sp³-hybridized carbons (Fsp3) is 0.0323. The third-order valence-electron chi connectivity index (χ3n) is 6.45. The van der Waals surface area contributed by atoms with Gasteiger partial charge in [-0.15, -0.1) is 0 Å².